The van der Waals surface area contributed by atoms with E-state index in [4.69, 9.17) is 27.9 Å². The summed E-state index contributed by atoms with van der Waals surface area (Å²) >= 11 is 12.7. The Morgan fingerprint density at radius 3 is 2.40 bits per heavy atom. The summed E-state index contributed by atoms with van der Waals surface area (Å²) in [5, 5.41) is 3.37. The van der Waals surface area contributed by atoms with Crippen molar-refractivity contribution in [3.8, 4) is 11.1 Å². The Labute approximate surface area is 300 Å². The zero-order valence-corrected chi connectivity index (χ0v) is 29.7. The van der Waals surface area contributed by atoms with Crippen LogP contribution in [0, 0.1) is 0 Å². The number of anilines is 2. The summed E-state index contributed by atoms with van der Waals surface area (Å²) in [4.78, 5) is 44.2. The minimum Gasteiger partial charge on any atom is -0.379 e. The van der Waals surface area contributed by atoms with E-state index in [0.717, 1.165) is 29.8 Å². The van der Waals surface area contributed by atoms with Gasteiger partial charge in [-0.15, -0.1) is 0 Å². The number of carbonyl (C=O) groups excluding carboxylic acids is 2. The predicted molar refractivity (Wildman–Crippen MR) is 188 cm³/mol. The highest BCUT2D eigenvalue weighted by atomic mass is 35.5. The average Bonchev–Trinajstić information content (AvgIpc) is 3.83. The van der Waals surface area contributed by atoms with Crippen LogP contribution in [-0.2, 0) is 36.3 Å². The molecule has 1 N–H and O–H groups in total. The summed E-state index contributed by atoms with van der Waals surface area (Å²) < 4.78 is 37.3. The fourth-order valence-electron chi connectivity index (χ4n) is 6.96. The Morgan fingerprint density at radius 1 is 1.00 bits per heavy atom. The minimum absolute atomic E-state index is 0.109. The van der Waals surface area contributed by atoms with Crippen LogP contribution in [0.4, 0.5) is 11.6 Å². The molecule has 13 nitrogen and oxygen atoms in total. The van der Waals surface area contributed by atoms with Crippen molar-refractivity contribution >= 4 is 56.7 Å². The highest BCUT2D eigenvalue weighted by Crippen LogP contribution is 2.45. The van der Waals surface area contributed by atoms with Crippen molar-refractivity contribution in [1.82, 2.24) is 34.0 Å². The number of carbonyl (C=O) groups is 2. The maximum absolute atomic E-state index is 14.6. The number of ether oxygens (including phenoxy) is 1. The number of aromatic nitrogens is 4. The van der Waals surface area contributed by atoms with Crippen LogP contribution < -0.4 is 10.2 Å². The van der Waals surface area contributed by atoms with Crippen LogP contribution in [0.15, 0.2) is 72.4 Å². The molecule has 0 unspecified atom stereocenters. The Balaban J connectivity index is 1.22. The van der Waals surface area contributed by atoms with E-state index >= 15 is 0 Å². The SMILES string of the molecule is C[C@@]1(Cc2ccc(-c3cncnc3)cc2)C(=O)N(c2cc(Cl)cc(Cl)c2)c2ncc(S(=O)(=O)N3CCC[C@H]3C(=O)NCCN3CCOCC3)n21. The molecule has 2 atom stereocenters. The second-order valence-corrected chi connectivity index (χ2v) is 15.5. The summed E-state index contributed by atoms with van der Waals surface area (Å²) in [6.45, 7) is 5.77. The monoisotopic (exact) mass is 738 g/mol. The van der Waals surface area contributed by atoms with Gasteiger partial charge in [0.15, 0.2) is 5.03 Å². The van der Waals surface area contributed by atoms with Gasteiger partial charge in [0.25, 0.3) is 15.9 Å². The molecule has 0 spiro atoms. The molecule has 16 heteroatoms. The third-order valence-electron chi connectivity index (χ3n) is 9.48. The van der Waals surface area contributed by atoms with E-state index < -0.39 is 27.5 Å². The van der Waals surface area contributed by atoms with Gasteiger partial charge in [-0.3, -0.25) is 19.1 Å². The number of halogens is 2. The molecule has 2 fully saturated rings. The number of imidazole rings is 1. The van der Waals surface area contributed by atoms with Gasteiger partial charge in [-0.25, -0.2) is 28.3 Å². The number of morpholine rings is 1. The van der Waals surface area contributed by atoms with Crippen molar-refractivity contribution in [2.75, 3.05) is 50.8 Å². The first-order valence-corrected chi connectivity index (χ1v) is 18.6. The largest absolute Gasteiger partial charge is 0.379 e. The lowest BCUT2D eigenvalue weighted by atomic mass is 9.91. The van der Waals surface area contributed by atoms with Gasteiger partial charge in [-0.1, -0.05) is 47.5 Å². The topological polar surface area (TPSA) is 143 Å². The summed E-state index contributed by atoms with van der Waals surface area (Å²) in [6, 6.07) is 11.4. The second-order valence-electron chi connectivity index (χ2n) is 12.8. The third kappa shape index (κ3) is 6.51. The van der Waals surface area contributed by atoms with Gasteiger partial charge in [0, 0.05) is 67.1 Å². The van der Waals surface area contributed by atoms with Crippen LogP contribution in [0.5, 0.6) is 0 Å². The molecule has 0 saturated carbocycles. The van der Waals surface area contributed by atoms with Crippen LogP contribution in [0.3, 0.4) is 0 Å². The Hall–Kier alpha value is -3.92. The van der Waals surface area contributed by atoms with Gasteiger partial charge in [-0.2, -0.15) is 4.31 Å². The van der Waals surface area contributed by atoms with E-state index in [1.165, 1.54) is 26.3 Å². The fraction of sp³-hybridized carbons (Fsp3) is 0.382. The minimum atomic E-state index is -4.31. The van der Waals surface area contributed by atoms with Crippen molar-refractivity contribution in [1.29, 1.82) is 0 Å². The van der Waals surface area contributed by atoms with Gasteiger partial charge in [0.05, 0.1) is 25.1 Å². The van der Waals surface area contributed by atoms with Crippen molar-refractivity contribution in [2.24, 2.45) is 0 Å². The molecule has 3 aliphatic rings. The van der Waals surface area contributed by atoms with Gasteiger partial charge < -0.3 is 10.1 Å². The van der Waals surface area contributed by atoms with E-state index in [1.807, 2.05) is 24.3 Å². The maximum Gasteiger partial charge on any atom is 0.261 e. The maximum atomic E-state index is 14.6. The van der Waals surface area contributed by atoms with Gasteiger partial charge >= 0.3 is 0 Å². The van der Waals surface area contributed by atoms with Crippen LogP contribution in [0.2, 0.25) is 10.0 Å². The Bertz CT molecular complexity index is 1990. The lowest BCUT2D eigenvalue weighted by Gasteiger charge is -2.29. The molecule has 2 aromatic carbocycles. The number of fused-ring (bicyclic) bond motifs is 1. The van der Waals surface area contributed by atoms with Gasteiger partial charge in [0.2, 0.25) is 11.9 Å². The molecular weight excluding hydrogens is 703 g/mol. The number of nitrogens with zero attached hydrogens (tertiary/aromatic N) is 7. The fourth-order valence-corrected chi connectivity index (χ4v) is 9.32. The van der Waals surface area contributed by atoms with Gasteiger partial charge in [-0.05, 0) is 49.1 Å². The molecule has 7 rings (SSSR count). The normalized spacial score (nSPS) is 21.5. The summed E-state index contributed by atoms with van der Waals surface area (Å²) in [6.07, 6.45) is 7.18. The van der Waals surface area contributed by atoms with E-state index in [9.17, 15) is 18.0 Å². The number of benzene rings is 2. The number of amides is 2. The first-order chi connectivity index (χ1) is 24.1. The lowest BCUT2D eigenvalue weighted by Crippen LogP contribution is -2.49. The number of rotatable bonds is 10. The first kappa shape index (κ1) is 34.5. The molecule has 3 aliphatic heterocycles. The number of hydrogen-bond acceptors (Lipinski definition) is 9. The highest BCUT2D eigenvalue weighted by Gasteiger charge is 2.53. The van der Waals surface area contributed by atoms with Crippen molar-refractivity contribution in [3.63, 3.8) is 0 Å². The van der Waals surface area contributed by atoms with Crippen molar-refractivity contribution in [3.05, 3.63) is 83.0 Å². The number of nitrogens with one attached hydrogen (secondary N) is 1. The Kier molecular flexibility index (Phi) is 9.67. The number of hydrogen-bond donors (Lipinski definition) is 1. The molecule has 50 heavy (non-hydrogen) atoms. The van der Waals surface area contributed by atoms with E-state index in [2.05, 4.69) is 25.2 Å². The van der Waals surface area contributed by atoms with E-state index in [0.29, 0.717) is 54.9 Å². The molecular formula is C34H36Cl2N8O5S. The van der Waals surface area contributed by atoms with Gasteiger partial charge in [0.1, 0.15) is 17.9 Å². The third-order valence-corrected chi connectivity index (χ3v) is 11.8. The number of sulfonamides is 1. The zero-order chi connectivity index (χ0) is 35.0. The van der Waals surface area contributed by atoms with Crippen LogP contribution >= 0.6 is 23.2 Å². The molecule has 5 heterocycles. The quantitative estimate of drug-likeness (QED) is 0.257. The Morgan fingerprint density at radius 2 is 1.70 bits per heavy atom. The molecule has 0 aliphatic carbocycles. The summed E-state index contributed by atoms with van der Waals surface area (Å²) in [5.41, 5.74) is 1.43. The smallest absolute Gasteiger partial charge is 0.261 e. The summed E-state index contributed by atoms with van der Waals surface area (Å²) in [7, 11) is -4.31. The van der Waals surface area contributed by atoms with Crippen molar-refractivity contribution < 1.29 is 22.7 Å². The molecule has 2 aromatic heterocycles. The molecule has 2 saturated heterocycles. The van der Waals surface area contributed by atoms with Crippen LogP contribution in [0.1, 0.15) is 25.3 Å². The van der Waals surface area contributed by atoms with E-state index in [1.54, 1.807) is 37.5 Å². The molecule has 262 valence electrons. The predicted octanol–water partition coefficient (Wildman–Crippen LogP) is 3.88. The second kappa shape index (κ2) is 14.0. The van der Waals surface area contributed by atoms with Crippen LogP contribution in [0.25, 0.3) is 11.1 Å². The first-order valence-electron chi connectivity index (χ1n) is 16.4. The molecule has 4 aromatic rings. The average molecular weight is 740 g/mol. The standard InChI is InChI=1S/C34H36Cl2N8O5S/c1-34(18-23-4-6-24(7-5-23)25-19-37-22-38-20-25)32(46)43(28-16-26(35)15-27(36)17-28)33-40-21-30(44(33)34)50(47,48)42-9-2-3-29(42)31(45)39-8-10-41-11-13-49-14-12-41/h4-7,15-17,19-22,29H,2-3,8-14,18H2,1H3,(H,39,45)/t29-,34+/m0/s1. The lowest BCUT2D eigenvalue weighted by molar-refractivity contribution is -0.125. The molecule has 2 amide bonds. The van der Waals surface area contributed by atoms with Crippen molar-refractivity contribution in [2.45, 2.75) is 42.8 Å². The summed E-state index contributed by atoms with van der Waals surface area (Å²) in [5.74, 6) is -0.647. The molecule has 0 bridgehead atoms. The van der Waals surface area contributed by atoms with E-state index in [-0.39, 0.29) is 29.8 Å². The van der Waals surface area contributed by atoms with Crippen LogP contribution in [-0.4, -0.2) is 101 Å². The molecule has 0 radical (unpaired) electrons. The highest BCUT2D eigenvalue weighted by molar-refractivity contribution is 7.89. The zero-order valence-electron chi connectivity index (χ0n) is 27.3.